The van der Waals surface area contributed by atoms with Crippen molar-refractivity contribution in [3.8, 4) is 0 Å². The van der Waals surface area contributed by atoms with E-state index in [0.717, 1.165) is 45.1 Å². The molecule has 3 atom stereocenters. The second kappa shape index (κ2) is 6.36. The molecule has 1 unspecified atom stereocenters. The van der Waals surface area contributed by atoms with E-state index in [1.165, 1.54) is 12.8 Å². The van der Waals surface area contributed by atoms with Gasteiger partial charge in [0.25, 0.3) is 0 Å². The maximum Gasteiger partial charge on any atom is 0.0693 e. The lowest BCUT2D eigenvalue weighted by molar-refractivity contribution is -0.0962. The zero-order valence-electron chi connectivity index (χ0n) is 12.0. The van der Waals surface area contributed by atoms with Crippen LogP contribution in [0, 0.1) is 0 Å². The van der Waals surface area contributed by atoms with Crippen molar-refractivity contribution in [3.05, 3.63) is 0 Å². The van der Waals surface area contributed by atoms with E-state index < -0.39 is 0 Å². The van der Waals surface area contributed by atoms with Crippen molar-refractivity contribution in [3.63, 3.8) is 0 Å². The molecule has 2 fully saturated rings. The van der Waals surface area contributed by atoms with Crippen LogP contribution in [-0.2, 0) is 4.74 Å². The van der Waals surface area contributed by atoms with Gasteiger partial charge in [-0.25, -0.2) is 0 Å². The van der Waals surface area contributed by atoms with Crippen LogP contribution in [0.1, 0.15) is 65.2 Å². The highest BCUT2D eigenvalue weighted by Crippen LogP contribution is 2.32. The van der Waals surface area contributed by atoms with Gasteiger partial charge in [0.2, 0.25) is 0 Å². The third-order valence-electron chi connectivity index (χ3n) is 4.96. The van der Waals surface area contributed by atoms with Gasteiger partial charge in [0.05, 0.1) is 11.7 Å². The molecular weight excluding hydrogens is 226 g/mol. The van der Waals surface area contributed by atoms with E-state index in [-0.39, 0.29) is 11.7 Å². The average Bonchev–Trinajstić information content (AvgIpc) is 2.41. The highest BCUT2D eigenvalue weighted by atomic mass is 16.5. The Morgan fingerprint density at radius 3 is 2.56 bits per heavy atom. The Labute approximate surface area is 111 Å². The Morgan fingerprint density at radius 1 is 1.17 bits per heavy atom. The van der Waals surface area contributed by atoms with Crippen molar-refractivity contribution in [2.75, 3.05) is 6.61 Å². The van der Waals surface area contributed by atoms with E-state index in [4.69, 9.17) is 4.74 Å². The van der Waals surface area contributed by atoms with Crippen molar-refractivity contribution in [2.24, 2.45) is 0 Å². The molecule has 0 bridgehead atoms. The monoisotopic (exact) mass is 255 g/mol. The SMILES string of the molecule is CCC1(CC)CC(N[C@H]2CCCC[C@@H]2O)CCO1. The summed E-state index contributed by atoms with van der Waals surface area (Å²) in [5.41, 5.74) is 0.0789. The Balaban J connectivity index is 1.88. The topological polar surface area (TPSA) is 41.5 Å². The first-order chi connectivity index (χ1) is 8.69. The number of hydrogen-bond donors (Lipinski definition) is 2. The normalized spacial score (nSPS) is 36.5. The second-order valence-electron chi connectivity index (χ2n) is 6.05. The van der Waals surface area contributed by atoms with Gasteiger partial charge in [-0.15, -0.1) is 0 Å². The number of nitrogens with one attached hydrogen (secondary N) is 1. The van der Waals surface area contributed by atoms with Crippen LogP contribution in [-0.4, -0.2) is 35.5 Å². The smallest absolute Gasteiger partial charge is 0.0693 e. The van der Waals surface area contributed by atoms with Crippen LogP contribution < -0.4 is 5.32 Å². The highest BCUT2D eigenvalue weighted by Gasteiger charge is 2.36. The first kappa shape index (κ1) is 14.3. The molecule has 0 spiro atoms. The first-order valence-electron chi connectivity index (χ1n) is 7.77. The maximum absolute atomic E-state index is 10.1. The Kier molecular flexibility index (Phi) is 5.05. The van der Waals surface area contributed by atoms with E-state index in [9.17, 15) is 5.11 Å². The van der Waals surface area contributed by atoms with Crippen molar-refractivity contribution in [1.29, 1.82) is 0 Å². The molecule has 1 aliphatic heterocycles. The molecule has 1 saturated heterocycles. The standard InChI is InChI=1S/C15H29NO2/c1-3-15(4-2)11-12(9-10-18-15)16-13-7-5-6-8-14(13)17/h12-14,16-17H,3-11H2,1-2H3/t12?,13-,14-/m0/s1. The minimum atomic E-state index is -0.140. The van der Waals surface area contributed by atoms with Gasteiger partial charge in [0.15, 0.2) is 0 Å². The Morgan fingerprint density at radius 2 is 1.89 bits per heavy atom. The van der Waals surface area contributed by atoms with Gasteiger partial charge in [-0.3, -0.25) is 0 Å². The quantitative estimate of drug-likeness (QED) is 0.811. The minimum Gasteiger partial charge on any atom is -0.392 e. The summed E-state index contributed by atoms with van der Waals surface area (Å²) in [7, 11) is 0. The molecule has 1 aliphatic carbocycles. The van der Waals surface area contributed by atoms with Gasteiger partial charge in [-0.05, 0) is 38.5 Å². The third kappa shape index (κ3) is 3.25. The van der Waals surface area contributed by atoms with Crippen LogP contribution in [0.15, 0.2) is 0 Å². The summed E-state index contributed by atoms with van der Waals surface area (Å²) < 4.78 is 6.01. The summed E-state index contributed by atoms with van der Waals surface area (Å²) in [5, 5.41) is 13.8. The number of aliphatic hydroxyl groups is 1. The molecule has 106 valence electrons. The minimum absolute atomic E-state index is 0.0789. The predicted molar refractivity (Wildman–Crippen MR) is 73.7 cm³/mol. The van der Waals surface area contributed by atoms with Crippen LogP contribution in [0.4, 0.5) is 0 Å². The molecule has 0 aromatic heterocycles. The molecule has 0 aromatic rings. The molecule has 2 rings (SSSR count). The second-order valence-corrected chi connectivity index (χ2v) is 6.05. The summed E-state index contributed by atoms with van der Waals surface area (Å²) in [6, 6.07) is 0.838. The average molecular weight is 255 g/mol. The lowest BCUT2D eigenvalue weighted by Crippen LogP contribution is -2.52. The lowest BCUT2D eigenvalue weighted by Gasteiger charge is -2.42. The molecule has 1 saturated carbocycles. The van der Waals surface area contributed by atoms with E-state index in [1.54, 1.807) is 0 Å². The van der Waals surface area contributed by atoms with E-state index in [1.807, 2.05) is 0 Å². The number of hydrogen-bond acceptors (Lipinski definition) is 3. The molecule has 2 aliphatic rings. The highest BCUT2D eigenvalue weighted by molar-refractivity contribution is 4.91. The first-order valence-corrected chi connectivity index (χ1v) is 7.77. The van der Waals surface area contributed by atoms with E-state index in [2.05, 4.69) is 19.2 Å². The van der Waals surface area contributed by atoms with Crippen LogP contribution in [0.25, 0.3) is 0 Å². The van der Waals surface area contributed by atoms with E-state index in [0.29, 0.717) is 12.1 Å². The summed E-state index contributed by atoms with van der Waals surface area (Å²) in [6.45, 7) is 5.31. The largest absolute Gasteiger partial charge is 0.392 e. The fraction of sp³-hybridized carbons (Fsp3) is 1.00. The lowest BCUT2D eigenvalue weighted by atomic mass is 9.84. The molecule has 18 heavy (non-hydrogen) atoms. The Hall–Kier alpha value is -0.120. The zero-order valence-corrected chi connectivity index (χ0v) is 12.0. The number of rotatable bonds is 4. The van der Waals surface area contributed by atoms with Crippen molar-refractivity contribution >= 4 is 0 Å². The molecule has 3 nitrogen and oxygen atoms in total. The molecule has 1 heterocycles. The predicted octanol–water partition coefficient (Wildman–Crippen LogP) is 2.62. The molecule has 3 heteroatoms. The number of ether oxygens (including phenoxy) is 1. The maximum atomic E-state index is 10.1. The van der Waals surface area contributed by atoms with Gasteiger partial charge in [0.1, 0.15) is 0 Å². The zero-order chi connectivity index (χ0) is 13.0. The van der Waals surface area contributed by atoms with Gasteiger partial charge in [-0.2, -0.15) is 0 Å². The summed E-state index contributed by atoms with van der Waals surface area (Å²) in [4.78, 5) is 0. The Bertz CT molecular complexity index is 253. The van der Waals surface area contributed by atoms with Crippen molar-refractivity contribution in [1.82, 2.24) is 5.32 Å². The fourth-order valence-corrected chi connectivity index (χ4v) is 3.52. The third-order valence-corrected chi connectivity index (χ3v) is 4.96. The molecule has 0 aromatic carbocycles. The van der Waals surface area contributed by atoms with Gasteiger partial charge < -0.3 is 15.2 Å². The van der Waals surface area contributed by atoms with Crippen LogP contribution in [0.3, 0.4) is 0 Å². The molecule has 2 N–H and O–H groups in total. The molecular formula is C15H29NO2. The van der Waals surface area contributed by atoms with Crippen molar-refractivity contribution < 1.29 is 9.84 Å². The summed E-state index contributed by atoms with van der Waals surface area (Å²) in [6.07, 6.45) is 8.76. The van der Waals surface area contributed by atoms with Gasteiger partial charge >= 0.3 is 0 Å². The van der Waals surface area contributed by atoms with Gasteiger partial charge in [0, 0.05) is 18.7 Å². The summed E-state index contributed by atoms with van der Waals surface area (Å²) in [5.74, 6) is 0. The van der Waals surface area contributed by atoms with Gasteiger partial charge in [-0.1, -0.05) is 26.7 Å². The van der Waals surface area contributed by atoms with E-state index >= 15 is 0 Å². The van der Waals surface area contributed by atoms with Crippen LogP contribution in [0.5, 0.6) is 0 Å². The van der Waals surface area contributed by atoms with Crippen LogP contribution in [0.2, 0.25) is 0 Å². The molecule has 0 radical (unpaired) electrons. The summed E-state index contributed by atoms with van der Waals surface area (Å²) >= 11 is 0. The number of aliphatic hydroxyl groups excluding tert-OH is 1. The fourth-order valence-electron chi connectivity index (χ4n) is 3.52. The molecule has 0 amide bonds. The van der Waals surface area contributed by atoms with Crippen LogP contribution >= 0.6 is 0 Å². The van der Waals surface area contributed by atoms with Crippen molar-refractivity contribution in [2.45, 2.75) is 89.0 Å².